The predicted molar refractivity (Wildman–Crippen MR) is 120 cm³/mol. The third kappa shape index (κ3) is 5.98. The lowest BCUT2D eigenvalue weighted by Gasteiger charge is -2.22. The van der Waals surface area contributed by atoms with Gasteiger partial charge in [0.15, 0.2) is 6.04 Å². The van der Waals surface area contributed by atoms with Crippen LogP contribution in [0.4, 0.5) is 5.69 Å². The molecule has 0 aliphatic heterocycles. The molecule has 0 radical (unpaired) electrons. The van der Waals surface area contributed by atoms with Crippen LogP contribution in [0.3, 0.4) is 0 Å². The van der Waals surface area contributed by atoms with E-state index in [9.17, 15) is 9.90 Å². The number of halogens is 2. The number of hydrogen-bond donors (Lipinski definition) is 5. The average Bonchev–Trinajstić information content (AvgIpc) is 2.64. The quantitative estimate of drug-likeness (QED) is 0.197. The normalized spacial score (nSPS) is 11.2. The van der Waals surface area contributed by atoms with Gasteiger partial charge in [0.1, 0.15) is 18.2 Å². The molecule has 0 spiro atoms. The molecule has 7 nitrogen and oxygen atoms in total. The van der Waals surface area contributed by atoms with Gasteiger partial charge >= 0.3 is 5.97 Å². The minimum absolute atomic E-state index is 0. The Kier molecular flexibility index (Phi) is 9.50. The lowest BCUT2D eigenvalue weighted by atomic mass is 10.00. The molecule has 6 N–H and O–H groups in total. The number of carboxylic acid groups (broad SMARTS) is 1. The van der Waals surface area contributed by atoms with Crippen molar-refractivity contribution < 1.29 is 19.7 Å². The Labute approximate surface area is 183 Å². The fraction of sp³-hybridized carbons (Fsp3) is 0.263. The smallest absolute Gasteiger partial charge is 0.330 e. The molecular formula is C19H23ClIN3O4. The number of aliphatic carboxylic acids is 1. The van der Waals surface area contributed by atoms with Crippen molar-refractivity contribution in [3.63, 3.8) is 0 Å². The summed E-state index contributed by atoms with van der Waals surface area (Å²) >= 11 is 2.14. The summed E-state index contributed by atoms with van der Waals surface area (Å²) in [6, 6.07) is 9.32. The summed E-state index contributed by atoms with van der Waals surface area (Å²) in [5.41, 5.74) is 7.96. The predicted octanol–water partition coefficient (Wildman–Crippen LogP) is 3.17. The van der Waals surface area contributed by atoms with Gasteiger partial charge in [-0.2, -0.15) is 0 Å². The maximum absolute atomic E-state index is 12.0. The maximum Gasteiger partial charge on any atom is 0.330 e. The zero-order chi connectivity index (χ0) is 20.0. The number of ether oxygens (including phenoxy) is 1. The number of amidine groups is 1. The molecule has 0 bridgehead atoms. The number of carbonyl (C=O) groups is 1. The summed E-state index contributed by atoms with van der Waals surface area (Å²) in [4.78, 5) is 12.0. The van der Waals surface area contributed by atoms with E-state index < -0.39 is 12.0 Å². The number of anilines is 1. The van der Waals surface area contributed by atoms with Crippen LogP contribution in [0.25, 0.3) is 0 Å². The first kappa shape index (κ1) is 24.0. The number of rotatable bonds is 9. The van der Waals surface area contributed by atoms with Crippen LogP contribution in [0, 0.1) is 8.98 Å². The number of nitrogens with two attached hydrogens (primary N) is 1. The van der Waals surface area contributed by atoms with E-state index in [-0.39, 0.29) is 31.5 Å². The summed E-state index contributed by atoms with van der Waals surface area (Å²) in [6.07, 6.45) is 0.671. The molecule has 2 aromatic carbocycles. The molecule has 0 amide bonds. The minimum atomic E-state index is -1.05. The zero-order valence-corrected chi connectivity index (χ0v) is 18.2. The largest absolute Gasteiger partial charge is 0.491 e. The van der Waals surface area contributed by atoms with E-state index in [1.54, 1.807) is 30.3 Å². The fourth-order valence-electron chi connectivity index (χ4n) is 2.66. The van der Waals surface area contributed by atoms with Crippen molar-refractivity contribution in [2.75, 3.05) is 18.5 Å². The highest BCUT2D eigenvalue weighted by Gasteiger charge is 2.26. The average molecular weight is 520 g/mol. The maximum atomic E-state index is 12.0. The van der Waals surface area contributed by atoms with Gasteiger partial charge in [0, 0.05) is 20.4 Å². The number of aryl methyl sites for hydroxylation is 1. The molecule has 9 heteroatoms. The van der Waals surface area contributed by atoms with E-state index in [1.807, 2.05) is 13.0 Å². The van der Waals surface area contributed by atoms with Gasteiger partial charge < -0.3 is 26.0 Å². The van der Waals surface area contributed by atoms with Crippen molar-refractivity contribution in [1.82, 2.24) is 0 Å². The van der Waals surface area contributed by atoms with Gasteiger partial charge in [-0.25, -0.2) is 4.79 Å². The number of hydrogen-bond acceptors (Lipinski definition) is 5. The van der Waals surface area contributed by atoms with E-state index in [0.29, 0.717) is 29.0 Å². The Bertz CT molecular complexity index is 831. The number of aliphatic hydroxyl groups excluding tert-OH is 1. The Morgan fingerprint density at radius 1 is 1.32 bits per heavy atom. The Morgan fingerprint density at radius 3 is 2.46 bits per heavy atom. The number of carboxylic acids is 1. The number of nitrogen functional groups attached to an aromatic ring is 1. The van der Waals surface area contributed by atoms with E-state index >= 15 is 0 Å². The van der Waals surface area contributed by atoms with Gasteiger partial charge in [-0.1, -0.05) is 6.92 Å². The molecule has 0 fully saturated rings. The second kappa shape index (κ2) is 11.1. The topological polar surface area (TPSA) is 129 Å². The van der Waals surface area contributed by atoms with Crippen LogP contribution < -0.4 is 15.8 Å². The molecule has 0 heterocycles. The minimum Gasteiger partial charge on any atom is -0.491 e. The van der Waals surface area contributed by atoms with Crippen LogP contribution >= 0.6 is 35.0 Å². The highest BCUT2D eigenvalue weighted by molar-refractivity contribution is 14.1. The highest BCUT2D eigenvalue weighted by Crippen LogP contribution is 2.34. The van der Waals surface area contributed by atoms with Gasteiger partial charge in [-0.15, -0.1) is 12.4 Å². The molecule has 0 aliphatic carbocycles. The molecule has 1 unspecified atom stereocenters. The summed E-state index contributed by atoms with van der Waals surface area (Å²) in [7, 11) is 0. The standard InChI is InChI=1S/C19H22IN3O4.ClH/c1-2-11-9-13(20)10-15(17(11)27-8-7-24)16(19(25)26)23-14-5-3-12(4-6-14)18(21)22;/h3-6,9-10,16,23-24H,2,7-8H2,1H3,(H3,21,22)(H,25,26);1H. The van der Waals surface area contributed by atoms with E-state index in [2.05, 4.69) is 27.9 Å². The molecule has 1 atom stereocenters. The molecule has 2 rings (SSSR count). The van der Waals surface area contributed by atoms with Crippen molar-refractivity contribution in [3.8, 4) is 5.75 Å². The van der Waals surface area contributed by atoms with Crippen LogP contribution in [0.2, 0.25) is 0 Å². The van der Waals surface area contributed by atoms with Crippen molar-refractivity contribution in [1.29, 1.82) is 5.41 Å². The van der Waals surface area contributed by atoms with Gasteiger partial charge in [-0.3, -0.25) is 5.41 Å². The van der Waals surface area contributed by atoms with Crippen molar-refractivity contribution in [2.24, 2.45) is 5.73 Å². The summed E-state index contributed by atoms with van der Waals surface area (Å²) in [5, 5.41) is 29.4. The second-order valence-corrected chi connectivity index (χ2v) is 7.06. The molecule has 28 heavy (non-hydrogen) atoms. The van der Waals surface area contributed by atoms with Crippen molar-refractivity contribution in [2.45, 2.75) is 19.4 Å². The van der Waals surface area contributed by atoms with Crippen LogP contribution in [-0.4, -0.2) is 35.2 Å². The Morgan fingerprint density at radius 2 is 1.96 bits per heavy atom. The number of benzene rings is 2. The molecule has 0 saturated heterocycles. The molecule has 0 saturated carbocycles. The summed E-state index contributed by atoms with van der Waals surface area (Å²) < 4.78 is 6.58. The first-order chi connectivity index (χ1) is 12.9. The van der Waals surface area contributed by atoms with Gasteiger partial charge in [0.05, 0.1) is 6.61 Å². The molecular weight excluding hydrogens is 497 g/mol. The third-order valence-electron chi connectivity index (χ3n) is 3.94. The number of aliphatic hydroxyl groups is 1. The van der Waals surface area contributed by atoms with Crippen LogP contribution in [0.5, 0.6) is 5.75 Å². The number of nitrogens with one attached hydrogen (secondary N) is 2. The van der Waals surface area contributed by atoms with Crippen LogP contribution in [0.15, 0.2) is 36.4 Å². The first-order valence-electron chi connectivity index (χ1n) is 8.37. The van der Waals surface area contributed by atoms with Gasteiger partial charge in [0.25, 0.3) is 0 Å². The van der Waals surface area contributed by atoms with Gasteiger partial charge in [-0.05, 0) is 71.0 Å². The Balaban J connectivity index is 0.00000392. The fourth-order valence-corrected chi connectivity index (χ4v) is 3.37. The van der Waals surface area contributed by atoms with Crippen molar-refractivity contribution in [3.05, 3.63) is 56.7 Å². The van der Waals surface area contributed by atoms with E-state index in [4.69, 9.17) is 21.0 Å². The first-order valence-corrected chi connectivity index (χ1v) is 9.45. The van der Waals surface area contributed by atoms with E-state index in [0.717, 1.165) is 9.13 Å². The monoisotopic (exact) mass is 519 g/mol. The van der Waals surface area contributed by atoms with E-state index in [1.165, 1.54) is 0 Å². The van der Waals surface area contributed by atoms with Gasteiger partial charge in [0.2, 0.25) is 0 Å². The lowest BCUT2D eigenvalue weighted by Crippen LogP contribution is -2.22. The molecule has 0 aromatic heterocycles. The molecule has 0 aliphatic rings. The third-order valence-corrected chi connectivity index (χ3v) is 4.57. The zero-order valence-electron chi connectivity index (χ0n) is 15.2. The SMILES string of the molecule is CCc1cc(I)cc(C(Nc2ccc(C(=N)N)cc2)C(=O)O)c1OCCO.Cl. The Hall–Kier alpha value is -2.04. The summed E-state index contributed by atoms with van der Waals surface area (Å²) in [6.45, 7) is 1.89. The second-order valence-electron chi connectivity index (χ2n) is 5.82. The van der Waals surface area contributed by atoms with Crippen LogP contribution in [0.1, 0.15) is 29.7 Å². The highest BCUT2D eigenvalue weighted by atomic mass is 127. The van der Waals surface area contributed by atoms with Crippen LogP contribution in [-0.2, 0) is 11.2 Å². The van der Waals surface area contributed by atoms with Crippen molar-refractivity contribution >= 4 is 52.5 Å². The summed E-state index contributed by atoms with van der Waals surface area (Å²) in [5.74, 6) is -0.628. The molecule has 152 valence electrons. The molecule has 2 aromatic rings. The lowest BCUT2D eigenvalue weighted by molar-refractivity contribution is -0.138.